The maximum absolute atomic E-state index is 11.9. The minimum Gasteiger partial charge on any atom is -0.504 e. The Morgan fingerprint density at radius 2 is 2.25 bits per heavy atom. The molecule has 2 N–H and O–H groups in total. The molecule has 0 spiro atoms. The fraction of sp³-hybridized carbons (Fsp3) is 0.455. The summed E-state index contributed by atoms with van der Waals surface area (Å²) >= 11 is 3.35. The van der Waals surface area contributed by atoms with Gasteiger partial charge in [0.15, 0.2) is 11.5 Å². The van der Waals surface area contributed by atoms with Crippen molar-refractivity contribution >= 4 is 15.9 Å². The highest BCUT2D eigenvalue weighted by atomic mass is 79.9. The summed E-state index contributed by atoms with van der Waals surface area (Å²) in [6, 6.07) is 3.34. The number of ether oxygens (including phenoxy) is 1. The Labute approximate surface area is 103 Å². The lowest BCUT2D eigenvalue weighted by molar-refractivity contribution is 0.372. The third kappa shape index (κ3) is 3.64. The standard InChI is InChI=1S/C11H15BrFNO2/c1-16-11-5-8(7-14-4-2-3-13)9(12)6-10(11)15/h5-6,14-15H,2-4,7H2,1H3. The average Bonchev–Trinajstić information content (AvgIpc) is 2.27. The van der Waals surface area contributed by atoms with Gasteiger partial charge in [0.05, 0.1) is 13.8 Å². The molecular weight excluding hydrogens is 277 g/mol. The molecule has 0 saturated carbocycles. The van der Waals surface area contributed by atoms with Crippen molar-refractivity contribution in [2.45, 2.75) is 13.0 Å². The molecule has 0 aromatic heterocycles. The van der Waals surface area contributed by atoms with Gasteiger partial charge in [-0.05, 0) is 30.7 Å². The van der Waals surface area contributed by atoms with Crippen LogP contribution < -0.4 is 10.1 Å². The Hall–Kier alpha value is -0.810. The Bertz CT molecular complexity index is 347. The van der Waals surface area contributed by atoms with Gasteiger partial charge in [0.1, 0.15) is 0 Å². The molecule has 90 valence electrons. The number of methoxy groups -OCH3 is 1. The molecule has 0 amide bonds. The van der Waals surface area contributed by atoms with E-state index < -0.39 is 0 Å². The molecular formula is C11H15BrFNO2. The molecule has 0 fully saturated rings. The van der Waals surface area contributed by atoms with E-state index in [1.165, 1.54) is 7.11 Å². The molecule has 1 aromatic carbocycles. The van der Waals surface area contributed by atoms with Crippen molar-refractivity contribution in [3.63, 3.8) is 0 Å². The van der Waals surface area contributed by atoms with Crippen LogP contribution in [0.3, 0.4) is 0 Å². The molecule has 1 aromatic rings. The van der Waals surface area contributed by atoms with Gasteiger partial charge in [-0.3, -0.25) is 4.39 Å². The molecule has 5 heteroatoms. The Kier molecular flexibility index (Phi) is 5.55. The van der Waals surface area contributed by atoms with E-state index in [0.29, 0.717) is 25.3 Å². The summed E-state index contributed by atoms with van der Waals surface area (Å²) in [4.78, 5) is 0. The SMILES string of the molecule is COc1cc(CNCCCF)c(Br)cc1O. The van der Waals surface area contributed by atoms with Gasteiger partial charge in [0.25, 0.3) is 0 Å². The van der Waals surface area contributed by atoms with Crippen molar-refractivity contribution in [1.29, 1.82) is 0 Å². The number of phenols is 1. The largest absolute Gasteiger partial charge is 0.504 e. The summed E-state index contributed by atoms with van der Waals surface area (Å²) in [6.45, 7) is 0.927. The normalized spacial score (nSPS) is 10.4. The van der Waals surface area contributed by atoms with E-state index in [-0.39, 0.29) is 12.4 Å². The third-order valence-corrected chi connectivity index (χ3v) is 2.89. The summed E-state index contributed by atoms with van der Waals surface area (Å²) in [5.41, 5.74) is 0.966. The van der Waals surface area contributed by atoms with Crippen LogP contribution in [0.5, 0.6) is 11.5 Å². The van der Waals surface area contributed by atoms with E-state index in [4.69, 9.17) is 4.74 Å². The van der Waals surface area contributed by atoms with E-state index in [1.54, 1.807) is 12.1 Å². The zero-order valence-electron chi connectivity index (χ0n) is 9.09. The summed E-state index contributed by atoms with van der Waals surface area (Å²) in [5.74, 6) is 0.535. The first kappa shape index (κ1) is 13.3. The first-order valence-electron chi connectivity index (χ1n) is 5.01. The van der Waals surface area contributed by atoms with Crippen LogP contribution in [-0.4, -0.2) is 25.4 Å². The summed E-state index contributed by atoms with van der Waals surface area (Å²) in [6.07, 6.45) is 0.507. The highest BCUT2D eigenvalue weighted by Gasteiger charge is 2.07. The molecule has 0 aliphatic carbocycles. The molecule has 0 radical (unpaired) electrons. The van der Waals surface area contributed by atoms with Gasteiger partial charge in [-0.2, -0.15) is 0 Å². The van der Waals surface area contributed by atoms with E-state index in [0.717, 1.165) is 10.0 Å². The number of halogens is 2. The number of rotatable bonds is 6. The molecule has 16 heavy (non-hydrogen) atoms. The quantitative estimate of drug-likeness (QED) is 0.792. The van der Waals surface area contributed by atoms with Gasteiger partial charge in [0.2, 0.25) is 0 Å². The van der Waals surface area contributed by atoms with Gasteiger partial charge in [-0.25, -0.2) is 0 Å². The lowest BCUT2D eigenvalue weighted by Crippen LogP contribution is -2.15. The van der Waals surface area contributed by atoms with Crippen LogP contribution in [-0.2, 0) is 6.54 Å². The van der Waals surface area contributed by atoms with Gasteiger partial charge in [0, 0.05) is 11.0 Å². The number of hydrogen-bond donors (Lipinski definition) is 2. The summed E-state index contributed by atoms with van der Waals surface area (Å²) in [5, 5.41) is 12.6. The molecule has 1 rings (SSSR count). The zero-order valence-corrected chi connectivity index (χ0v) is 10.7. The lowest BCUT2D eigenvalue weighted by atomic mass is 10.2. The molecule has 3 nitrogen and oxygen atoms in total. The average molecular weight is 292 g/mol. The van der Waals surface area contributed by atoms with Crippen molar-refractivity contribution in [3.05, 3.63) is 22.2 Å². The van der Waals surface area contributed by atoms with Crippen LogP contribution in [0.15, 0.2) is 16.6 Å². The molecule has 0 bridgehead atoms. The monoisotopic (exact) mass is 291 g/mol. The van der Waals surface area contributed by atoms with Crippen molar-refractivity contribution in [2.24, 2.45) is 0 Å². The smallest absolute Gasteiger partial charge is 0.160 e. The molecule has 0 aliphatic rings. The van der Waals surface area contributed by atoms with Crippen LogP contribution in [0, 0.1) is 0 Å². The Morgan fingerprint density at radius 1 is 1.50 bits per heavy atom. The zero-order chi connectivity index (χ0) is 12.0. The first-order chi connectivity index (χ1) is 7.69. The number of alkyl halides is 1. The fourth-order valence-electron chi connectivity index (χ4n) is 1.30. The number of phenolic OH excluding ortho intramolecular Hbond substituents is 1. The van der Waals surface area contributed by atoms with Crippen molar-refractivity contribution in [3.8, 4) is 11.5 Å². The Balaban J connectivity index is 2.64. The van der Waals surface area contributed by atoms with Gasteiger partial charge < -0.3 is 15.2 Å². The van der Waals surface area contributed by atoms with Gasteiger partial charge >= 0.3 is 0 Å². The molecule has 0 atom stereocenters. The Morgan fingerprint density at radius 3 is 2.88 bits per heavy atom. The van der Waals surface area contributed by atoms with Gasteiger partial charge in [-0.15, -0.1) is 0 Å². The van der Waals surface area contributed by atoms with Crippen molar-refractivity contribution in [1.82, 2.24) is 5.32 Å². The summed E-state index contributed by atoms with van der Waals surface area (Å²) in [7, 11) is 1.50. The maximum Gasteiger partial charge on any atom is 0.160 e. The molecule has 0 heterocycles. The van der Waals surface area contributed by atoms with Crippen LogP contribution in [0.4, 0.5) is 4.39 Å². The van der Waals surface area contributed by atoms with Crippen molar-refractivity contribution in [2.75, 3.05) is 20.3 Å². The number of benzene rings is 1. The van der Waals surface area contributed by atoms with E-state index >= 15 is 0 Å². The second-order valence-electron chi connectivity index (χ2n) is 3.33. The van der Waals surface area contributed by atoms with Crippen molar-refractivity contribution < 1.29 is 14.2 Å². The van der Waals surface area contributed by atoms with Gasteiger partial charge in [-0.1, -0.05) is 15.9 Å². The highest BCUT2D eigenvalue weighted by Crippen LogP contribution is 2.32. The fourth-order valence-corrected chi connectivity index (χ4v) is 1.77. The molecule has 0 unspecified atom stereocenters. The van der Waals surface area contributed by atoms with E-state index in [9.17, 15) is 9.50 Å². The van der Waals surface area contributed by atoms with Crippen LogP contribution in [0.25, 0.3) is 0 Å². The van der Waals surface area contributed by atoms with Crippen LogP contribution >= 0.6 is 15.9 Å². The minimum atomic E-state index is -0.312. The predicted octanol–water partition coefficient (Wildman–Crippen LogP) is 2.61. The third-order valence-electron chi connectivity index (χ3n) is 2.15. The highest BCUT2D eigenvalue weighted by molar-refractivity contribution is 9.10. The number of aromatic hydroxyl groups is 1. The minimum absolute atomic E-state index is 0.0990. The second kappa shape index (κ2) is 6.70. The summed E-state index contributed by atoms with van der Waals surface area (Å²) < 4.78 is 17.7. The first-order valence-corrected chi connectivity index (χ1v) is 5.80. The topological polar surface area (TPSA) is 41.5 Å². The number of hydrogen-bond acceptors (Lipinski definition) is 3. The second-order valence-corrected chi connectivity index (χ2v) is 4.19. The van der Waals surface area contributed by atoms with Crippen LogP contribution in [0.1, 0.15) is 12.0 Å². The molecule has 0 aliphatic heterocycles. The number of nitrogens with one attached hydrogen (secondary N) is 1. The van der Waals surface area contributed by atoms with E-state index in [1.807, 2.05) is 0 Å². The molecule has 0 saturated heterocycles. The maximum atomic E-state index is 11.9. The van der Waals surface area contributed by atoms with Crippen LogP contribution in [0.2, 0.25) is 0 Å². The lowest BCUT2D eigenvalue weighted by Gasteiger charge is -2.10. The predicted molar refractivity (Wildman–Crippen MR) is 64.7 cm³/mol. The van der Waals surface area contributed by atoms with E-state index in [2.05, 4.69) is 21.2 Å².